The summed E-state index contributed by atoms with van der Waals surface area (Å²) in [6.45, 7) is 12.3. The summed E-state index contributed by atoms with van der Waals surface area (Å²) < 4.78 is 0. The molecule has 3 heteroatoms. The molecule has 0 spiro atoms. The Hall–Kier alpha value is -0.0668. The summed E-state index contributed by atoms with van der Waals surface area (Å²) in [5.41, 5.74) is 3.22. The molecule has 0 saturated heterocycles. The van der Waals surface area contributed by atoms with E-state index in [4.69, 9.17) is 7.85 Å². The number of hydrogen-bond donors (Lipinski definition) is 1. The van der Waals surface area contributed by atoms with E-state index in [1.165, 1.54) is 5.56 Å². The fraction of sp³-hybridized carbons (Fsp3) is 0.500. The van der Waals surface area contributed by atoms with Crippen LogP contribution in [0.2, 0.25) is 0 Å². The molecule has 94 valence electrons. The molecule has 0 aliphatic rings. The van der Waals surface area contributed by atoms with Gasteiger partial charge in [-0.05, 0) is 19.4 Å². The predicted octanol–water partition coefficient (Wildman–Crippen LogP) is 3.03. The summed E-state index contributed by atoms with van der Waals surface area (Å²) in [7, 11) is 6.00. The molecule has 0 heterocycles. The molecule has 1 aromatic rings. The van der Waals surface area contributed by atoms with Crippen LogP contribution < -0.4 is 10.8 Å². The second-order valence-corrected chi connectivity index (χ2v) is 3.58. The van der Waals surface area contributed by atoms with Gasteiger partial charge in [-0.3, -0.25) is 6.54 Å². The van der Waals surface area contributed by atoms with Gasteiger partial charge in [0.2, 0.25) is 0 Å². The standard InChI is InChI=1S/C12H17BN.C2H6.W/c1-4-8-14-10(3)11-7-5-6-9(2)12(11)13;1-2;/h5-8,10,14H,4H2,1-3H3;1-2H3;/q-1;;/t10-;;/m1../s1. The van der Waals surface area contributed by atoms with Crippen molar-refractivity contribution in [3.8, 4) is 0 Å². The first kappa shape index (κ1) is 19.3. The van der Waals surface area contributed by atoms with Crippen molar-refractivity contribution in [2.45, 2.75) is 47.1 Å². The molecule has 0 aliphatic heterocycles. The zero-order valence-corrected chi connectivity index (χ0v) is 14.5. The van der Waals surface area contributed by atoms with Crippen molar-refractivity contribution in [2.24, 2.45) is 0 Å². The quantitative estimate of drug-likeness (QED) is 0.606. The minimum absolute atomic E-state index is 0. The summed E-state index contributed by atoms with van der Waals surface area (Å²) in [4.78, 5) is 0. The molecule has 17 heavy (non-hydrogen) atoms. The Labute approximate surface area is 122 Å². The van der Waals surface area contributed by atoms with E-state index in [0.717, 1.165) is 17.4 Å². The van der Waals surface area contributed by atoms with Crippen molar-refractivity contribution in [1.82, 2.24) is 5.32 Å². The maximum Gasteiger partial charge on any atom is 0.114 e. The molecule has 1 nitrogen and oxygen atoms in total. The van der Waals surface area contributed by atoms with Crippen molar-refractivity contribution in [3.63, 3.8) is 0 Å². The zero-order valence-electron chi connectivity index (χ0n) is 11.6. The van der Waals surface area contributed by atoms with Gasteiger partial charge in [-0.1, -0.05) is 50.0 Å². The van der Waals surface area contributed by atoms with Crippen LogP contribution in [0.25, 0.3) is 0 Å². The number of aryl methyl sites for hydroxylation is 1. The Morgan fingerprint density at radius 1 is 1.35 bits per heavy atom. The minimum Gasteiger partial charge on any atom is -0.464 e. The molecule has 1 atom stereocenters. The number of rotatable bonds is 4. The summed E-state index contributed by atoms with van der Waals surface area (Å²) in [5, 5.41) is 3.31. The molecule has 1 N–H and O–H groups in total. The fourth-order valence-corrected chi connectivity index (χ4v) is 1.47. The normalized spacial score (nSPS) is 10.9. The van der Waals surface area contributed by atoms with Crippen molar-refractivity contribution in [1.29, 1.82) is 0 Å². The predicted molar refractivity (Wildman–Crippen MR) is 74.1 cm³/mol. The van der Waals surface area contributed by atoms with Gasteiger partial charge in [-0.2, -0.15) is 6.42 Å². The average Bonchev–Trinajstić information content (AvgIpc) is 2.32. The molecule has 0 amide bonds. The SMILES string of the molecule is CC.[B]c1c(C)cccc1[C@@H](C)N[CH-]CC.[W]. The molecule has 1 aromatic carbocycles. The molecule has 1 rings (SSSR count). The van der Waals surface area contributed by atoms with Gasteiger partial charge in [0.25, 0.3) is 0 Å². The molecule has 0 saturated carbocycles. The Balaban J connectivity index is 0. The smallest absolute Gasteiger partial charge is 0.114 e. The van der Waals surface area contributed by atoms with Crippen molar-refractivity contribution >= 4 is 13.3 Å². The van der Waals surface area contributed by atoms with Gasteiger partial charge in [0.15, 0.2) is 0 Å². The Morgan fingerprint density at radius 2 is 1.94 bits per heavy atom. The van der Waals surface area contributed by atoms with Gasteiger partial charge >= 0.3 is 0 Å². The maximum atomic E-state index is 6.00. The van der Waals surface area contributed by atoms with Gasteiger partial charge in [-0.25, -0.2) is 0 Å². The van der Waals surface area contributed by atoms with E-state index in [2.05, 4.69) is 31.8 Å². The summed E-state index contributed by atoms with van der Waals surface area (Å²) >= 11 is 0. The summed E-state index contributed by atoms with van der Waals surface area (Å²) in [6.07, 6.45) is 1.02. The second kappa shape index (κ2) is 11.0. The molecular weight excluding hydrogens is 377 g/mol. The number of nitrogens with one attached hydrogen (secondary N) is 1. The van der Waals surface area contributed by atoms with Gasteiger partial charge in [0.1, 0.15) is 7.85 Å². The third-order valence-electron chi connectivity index (χ3n) is 2.40. The first-order valence-electron chi connectivity index (χ1n) is 6.09. The summed E-state index contributed by atoms with van der Waals surface area (Å²) in [6, 6.07) is 6.44. The van der Waals surface area contributed by atoms with E-state index in [-0.39, 0.29) is 27.1 Å². The van der Waals surface area contributed by atoms with Crippen LogP contribution in [-0.2, 0) is 21.1 Å². The molecule has 0 aliphatic carbocycles. The Kier molecular flexibility index (Phi) is 12.5. The van der Waals surface area contributed by atoms with Crippen LogP contribution in [0, 0.1) is 13.5 Å². The monoisotopic (exact) mass is 400 g/mol. The number of benzene rings is 1. The van der Waals surface area contributed by atoms with Gasteiger partial charge < -0.3 is 5.32 Å². The fourth-order valence-electron chi connectivity index (χ4n) is 1.47. The van der Waals surface area contributed by atoms with E-state index in [9.17, 15) is 0 Å². The van der Waals surface area contributed by atoms with Crippen LogP contribution in [0.5, 0.6) is 0 Å². The van der Waals surface area contributed by atoms with Crippen molar-refractivity contribution in [2.75, 3.05) is 0 Å². The first-order valence-corrected chi connectivity index (χ1v) is 6.09. The van der Waals surface area contributed by atoms with Gasteiger partial charge in [-0.15, -0.1) is 0 Å². The molecule has 0 bridgehead atoms. The Morgan fingerprint density at radius 3 is 2.47 bits per heavy atom. The molecule has 0 unspecified atom stereocenters. The number of hydrogen-bond acceptors (Lipinski definition) is 1. The van der Waals surface area contributed by atoms with E-state index in [1.807, 2.05) is 32.9 Å². The molecule has 0 fully saturated rings. The van der Waals surface area contributed by atoms with Crippen LogP contribution in [-0.4, -0.2) is 7.85 Å². The zero-order chi connectivity index (χ0) is 12.6. The topological polar surface area (TPSA) is 12.0 Å². The third-order valence-corrected chi connectivity index (χ3v) is 2.40. The minimum atomic E-state index is 0. The first-order chi connectivity index (χ1) is 7.66. The largest absolute Gasteiger partial charge is 0.464 e. The van der Waals surface area contributed by atoms with E-state index < -0.39 is 0 Å². The van der Waals surface area contributed by atoms with Crippen molar-refractivity contribution < 1.29 is 21.1 Å². The van der Waals surface area contributed by atoms with E-state index in [1.54, 1.807) is 0 Å². The van der Waals surface area contributed by atoms with E-state index in [0.29, 0.717) is 0 Å². The van der Waals surface area contributed by atoms with Crippen LogP contribution in [0.3, 0.4) is 0 Å². The second-order valence-electron chi connectivity index (χ2n) is 3.58. The van der Waals surface area contributed by atoms with E-state index >= 15 is 0 Å². The molecule has 2 radical (unpaired) electrons. The molecular formula is C14H23BNW-. The van der Waals surface area contributed by atoms with Crippen LogP contribution in [0.15, 0.2) is 18.2 Å². The molecule has 0 aromatic heterocycles. The van der Waals surface area contributed by atoms with Crippen LogP contribution >= 0.6 is 0 Å². The average molecular weight is 400 g/mol. The van der Waals surface area contributed by atoms with Gasteiger partial charge in [0.05, 0.1) is 0 Å². The Bertz CT molecular complexity index is 302. The van der Waals surface area contributed by atoms with Crippen LogP contribution in [0.4, 0.5) is 0 Å². The van der Waals surface area contributed by atoms with Crippen LogP contribution in [0.1, 0.15) is 51.3 Å². The third kappa shape index (κ3) is 6.43. The maximum absolute atomic E-state index is 6.00. The van der Waals surface area contributed by atoms with Crippen molar-refractivity contribution in [3.05, 3.63) is 35.9 Å². The summed E-state index contributed by atoms with van der Waals surface area (Å²) in [5.74, 6) is 0. The van der Waals surface area contributed by atoms with Gasteiger partial charge in [0, 0.05) is 27.1 Å².